The fourth-order valence-electron chi connectivity index (χ4n) is 3.80. The monoisotopic (exact) mass is 436 g/mol. The summed E-state index contributed by atoms with van der Waals surface area (Å²) >= 11 is 0. The first kappa shape index (κ1) is 19.1. The van der Waals surface area contributed by atoms with Crippen LogP contribution in [-0.4, -0.2) is 44.1 Å². The van der Waals surface area contributed by atoms with Gasteiger partial charge in [-0.2, -0.15) is 5.10 Å². The minimum Gasteiger partial charge on any atom is -0.464 e. The van der Waals surface area contributed by atoms with Gasteiger partial charge in [0.1, 0.15) is 6.54 Å². The third-order valence-corrected chi connectivity index (χ3v) is 7.00. The summed E-state index contributed by atoms with van der Waals surface area (Å²) in [5.41, 5.74) is 1.57. The van der Waals surface area contributed by atoms with Gasteiger partial charge in [0, 0.05) is 16.5 Å². The first-order valence-electron chi connectivity index (χ1n) is 9.31. The number of carbonyl (C=O) groups excluding carboxylic acids is 2. The third-order valence-electron chi connectivity index (χ3n) is 5.19. The van der Waals surface area contributed by atoms with Crippen LogP contribution < -0.4 is 9.62 Å². The standard InChI is InChI=1S/C21H16N4O5S/c1-30-21(27)20-14-10-13(8-9-15(14)23-24-20)22-18(26)11-25-16-6-2-4-12-5-3-7-17(19(12)16)31(25,28)29/h2-10H,11H2,1H3,(H,22,26)(H,23,24). The molecular weight excluding hydrogens is 420 g/mol. The molecular formula is C21H16N4O5S. The maximum Gasteiger partial charge on any atom is 0.359 e. The molecule has 2 heterocycles. The number of ether oxygens (including phenoxy) is 1. The van der Waals surface area contributed by atoms with Crippen molar-refractivity contribution in [2.75, 3.05) is 23.3 Å². The average Bonchev–Trinajstić information content (AvgIpc) is 3.27. The molecule has 0 saturated carbocycles. The van der Waals surface area contributed by atoms with Crippen LogP contribution in [0.15, 0.2) is 59.5 Å². The highest BCUT2D eigenvalue weighted by Gasteiger charge is 2.36. The number of fused-ring (bicyclic) bond motifs is 1. The molecule has 0 spiro atoms. The Kier molecular flexibility index (Phi) is 4.19. The number of hydrogen-bond donors (Lipinski definition) is 2. The number of benzene rings is 3. The quantitative estimate of drug-likeness (QED) is 0.475. The zero-order chi connectivity index (χ0) is 21.8. The SMILES string of the molecule is COC(=O)c1n[nH]c2ccc(NC(=O)CN3c4cccc5cccc(c45)S3(=O)=O)cc12. The molecule has 10 heteroatoms. The van der Waals surface area contributed by atoms with Crippen molar-refractivity contribution in [2.24, 2.45) is 0 Å². The molecule has 1 amide bonds. The summed E-state index contributed by atoms with van der Waals surface area (Å²) in [7, 11) is -2.58. The molecule has 31 heavy (non-hydrogen) atoms. The summed E-state index contributed by atoms with van der Waals surface area (Å²) in [6.45, 7) is -0.386. The summed E-state index contributed by atoms with van der Waals surface area (Å²) in [6.07, 6.45) is 0. The maximum absolute atomic E-state index is 13.0. The van der Waals surface area contributed by atoms with E-state index in [2.05, 4.69) is 15.5 Å². The van der Waals surface area contributed by atoms with Gasteiger partial charge in [0.15, 0.2) is 5.69 Å². The molecule has 0 atom stereocenters. The topological polar surface area (TPSA) is 121 Å². The van der Waals surface area contributed by atoms with Crippen LogP contribution in [0.25, 0.3) is 21.7 Å². The van der Waals surface area contributed by atoms with E-state index < -0.39 is 21.9 Å². The van der Waals surface area contributed by atoms with Crippen LogP contribution in [0.3, 0.4) is 0 Å². The summed E-state index contributed by atoms with van der Waals surface area (Å²) in [4.78, 5) is 24.8. The lowest BCUT2D eigenvalue weighted by molar-refractivity contribution is -0.114. The minimum atomic E-state index is -3.84. The van der Waals surface area contributed by atoms with Gasteiger partial charge in [-0.05, 0) is 35.7 Å². The predicted octanol–water partition coefficient (Wildman–Crippen LogP) is 2.65. The Hall–Kier alpha value is -3.92. The molecule has 1 aliphatic heterocycles. The number of nitrogens with one attached hydrogen (secondary N) is 2. The van der Waals surface area contributed by atoms with Gasteiger partial charge in [0.2, 0.25) is 5.91 Å². The van der Waals surface area contributed by atoms with Crippen molar-refractivity contribution in [3.63, 3.8) is 0 Å². The highest BCUT2D eigenvalue weighted by atomic mass is 32.2. The van der Waals surface area contributed by atoms with Crippen LogP contribution in [0.1, 0.15) is 10.5 Å². The van der Waals surface area contributed by atoms with Crippen molar-refractivity contribution in [1.29, 1.82) is 0 Å². The van der Waals surface area contributed by atoms with E-state index in [4.69, 9.17) is 4.74 Å². The Morgan fingerprint density at radius 1 is 1.13 bits per heavy atom. The van der Waals surface area contributed by atoms with Gasteiger partial charge in [-0.3, -0.25) is 14.2 Å². The molecule has 0 saturated heterocycles. The number of methoxy groups -OCH3 is 1. The zero-order valence-electron chi connectivity index (χ0n) is 16.2. The van der Waals surface area contributed by atoms with Crippen LogP contribution >= 0.6 is 0 Å². The van der Waals surface area contributed by atoms with Gasteiger partial charge < -0.3 is 10.1 Å². The number of aromatic amines is 1. The summed E-state index contributed by atoms with van der Waals surface area (Å²) in [5, 5.41) is 11.2. The molecule has 0 radical (unpaired) electrons. The lowest BCUT2D eigenvalue weighted by Crippen LogP contribution is -2.35. The molecule has 0 bridgehead atoms. The fourth-order valence-corrected chi connectivity index (χ4v) is 5.47. The van der Waals surface area contributed by atoms with Gasteiger partial charge in [0.25, 0.3) is 10.0 Å². The number of rotatable bonds is 4. The summed E-state index contributed by atoms with van der Waals surface area (Å²) in [6, 6.07) is 15.2. The molecule has 3 aromatic carbocycles. The van der Waals surface area contributed by atoms with Crippen LogP contribution in [0.5, 0.6) is 0 Å². The van der Waals surface area contributed by atoms with Crippen molar-refractivity contribution in [3.05, 3.63) is 60.3 Å². The summed E-state index contributed by atoms with van der Waals surface area (Å²) in [5.74, 6) is -1.13. The molecule has 0 fully saturated rings. The van der Waals surface area contributed by atoms with Crippen LogP contribution in [0, 0.1) is 0 Å². The minimum absolute atomic E-state index is 0.0952. The first-order valence-corrected chi connectivity index (χ1v) is 10.7. The lowest BCUT2D eigenvalue weighted by Gasteiger charge is -2.18. The number of amides is 1. The average molecular weight is 436 g/mol. The molecule has 1 aromatic heterocycles. The van der Waals surface area contributed by atoms with Crippen LogP contribution in [0.4, 0.5) is 11.4 Å². The van der Waals surface area contributed by atoms with Crippen LogP contribution in [-0.2, 0) is 19.6 Å². The second-order valence-corrected chi connectivity index (χ2v) is 8.85. The number of anilines is 2. The number of H-pyrrole nitrogens is 1. The molecule has 2 N–H and O–H groups in total. The predicted molar refractivity (Wildman–Crippen MR) is 115 cm³/mol. The number of hydrogen-bond acceptors (Lipinski definition) is 6. The van der Waals surface area contributed by atoms with Gasteiger partial charge in [0.05, 0.1) is 23.2 Å². The Morgan fingerprint density at radius 2 is 1.90 bits per heavy atom. The molecule has 1 aliphatic rings. The van der Waals surface area contributed by atoms with Gasteiger partial charge in [-0.15, -0.1) is 0 Å². The molecule has 0 aliphatic carbocycles. The molecule has 156 valence electrons. The Balaban J connectivity index is 1.44. The van der Waals surface area contributed by atoms with Crippen molar-refractivity contribution in [3.8, 4) is 0 Å². The van der Waals surface area contributed by atoms with Gasteiger partial charge in [-0.25, -0.2) is 13.2 Å². The number of nitrogens with zero attached hydrogens (tertiary/aromatic N) is 2. The molecule has 0 unspecified atom stereocenters. The van der Waals surface area contributed by atoms with E-state index in [0.29, 0.717) is 27.7 Å². The lowest BCUT2D eigenvalue weighted by atomic mass is 10.1. The number of carbonyl (C=O) groups is 2. The number of esters is 1. The van der Waals surface area contributed by atoms with E-state index >= 15 is 0 Å². The number of sulfonamides is 1. The summed E-state index contributed by atoms with van der Waals surface area (Å²) < 4.78 is 31.9. The van der Waals surface area contributed by atoms with Gasteiger partial charge in [-0.1, -0.05) is 24.3 Å². The van der Waals surface area contributed by atoms with E-state index in [0.717, 1.165) is 9.69 Å². The molecule has 9 nitrogen and oxygen atoms in total. The van der Waals surface area contributed by atoms with Crippen molar-refractivity contribution >= 4 is 54.9 Å². The third kappa shape index (κ3) is 2.91. The molecule has 5 rings (SSSR count). The highest BCUT2D eigenvalue weighted by Crippen LogP contribution is 2.41. The van der Waals surface area contributed by atoms with E-state index in [1.807, 2.05) is 12.1 Å². The van der Waals surface area contributed by atoms with Crippen molar-refractivity contribution in [1.82, 2.24) is 10.2 Å². The fraction of sp³-hybridized carbons (Fsp3) is 0.0952. The van der Waals surface area contributed by atoms with Crippen molar-refractivity contribution < 1.29 is 22.7 Å². The van der Waals surface area contributed by atoms with Crippen LogP contribution in [0.2, 0.25) is 0 Å². The Labute approximate surface area is 176 Å². The van der Waals surface area contributed by atoms with E-state index in [-0.39, 0.29) is 17.1 Å². The number of aromatic nitrogens is 2. The van der Waals surface area contributed by atoms with E-state index in [1.54, 1.807) is 42.5 Å². The normalized spacial score (nSPS) is 14.2. The zero-order valence-corrected chi connectivity index (χ0v) is 17.1. The smallest absolute Gasteiger partial charge is 0.359 e. The Bertz CT molecular complexity index is 1490. The maximum atomic E-state index is 13.0. The second kappa shape index (κ2) is 6.81. The second-order valence-electron chi connectivity index (χ2n) is 7.02. The first-order chi connectivity index (χ1) is 14.9. The van der Waals surface area contributed by atoms with E-state index in [1.165, 1.54) is 7.11 Å². The largest absolute Gasteiger partial charge is 0.464 e. The van der Waals surface area contributed by atoms with E-state index in [9.17, 15) is 18.0 Å². The Morgan fingerprint density at radius 3 is 2.68 bits per heavy atom. The van der Waals surface area contributed by atoms with Gasteiger partial charge >= 0.3 is 5.97 Å². The highest BCUT2D eigenvalue weighted by molar-refractivity contribution is 7.93. The van der Waals surface area contributed by atoms with Crippen molar-refractivity contribution in [2.45, 2.75) is 4.90 Å². The molecule has 4 aromatic rings.